The molecule has 1 heteroatoms. The summed E-state index contributed by atoms with van der Waals surface area (Å²) in [6.07, 6.45) is 9.96. The Morgan fingerprint density at radius 3 is 2.47 bits per heavy atom. The summed E-state index contributed by atoms with van der Waals surface area (Å²) in [7, 11) is 0. The SMILES string of the molecule is C=CCCCC1CC(C(C)(C)C)CCC1CN. The molecule has 0 saturated heterocycles. The van der Waals surface area contributed by atoms with Gasteiger partial charge in [0, 0.05) is 0 Å². The van der Waals surface area contributed by atoms with E-state index in [1.54, 1.807) is 0 Å². The average Bonchev–Trinajstić information content (AvgIpc) is 2.28. The van der Waals surface area contributed by atoms with Gasteiger partial charge in [-0.15, -0.1) is 6.58 Å². The van der Waals surface area contributed by atoms with Crippen molar-refractivity contribution in [2.45, 2.75) is 59.3 Å². The van der Waals surface area contributed by atoms with Crippen LogP contribution in [-0.2, 0) is 0 Å². The van der Waals surface area contributed by atoms with Crippen LogP contribution in [0.15, 0.2) is 12.7 Å². The lowest BCUT2D eigenvalue weighted by Gasteiger charge is -2.41. The first-order chi connectivity index (χ1) is 7.99. The molecule has 1 rings (SSSR count). The van der Waals surface area contributed by atoms with Crippen molar-refractivity contribution < 1.29 is 0 Å². The van der Waals surface area contributed by atoms with Crippen LogP contribution in [0.5, 0.6) is 0 Å². The summed E-state index contributed by atoms with van der Waals surface area (Å²) in [6.45, 7) is 11.9. The summed E-state index contributed by atoms with van der Waals surface area (Å²) < 4.78 is 0. The van der Waals surface area contributed by atoms with Crippen molar-refractivity contribution in [2.75, 3.05) is 6.54 Å². The second-order valence-corrected chi connectivity index (χ2v) is 6.85. The van der Waals surface area contributed by atoms with E-state index >= 15 is 0 Å². The second-order valence-electron chi connectivity index (χ2n) is 6.85. The van der Waals surface area contributed by atoms with Gasteiger partial charge in [0.15, 0.2) is 0 Å². The first kappa shape index (κ1) is 14.8. The van der Waals surface area contributed by atoms with Gasteiger partial charge >= 0.3 is 0 Å². The third-order valence-electron chi connectivity index (χ3n) is 4.65. The molecular weight excluding hydrogens is 206 g/mol. The molecule has 1 aliphatic rings. The quantitative estimate of drug-likeness (QED) is 0.557. The Balaban J connectivity index is 2.52. The molecule has 2 N–H and O–H groups in total. The lowest BCUT2D eigenvalue weighted by atomic mass is 9.64. The largest absolute Gasteiger partial charge is 0.330 e. The molecule has 100 valence electrons. The zero-order valence-corrected chi connectivity index (χ0v) is 12.0. The van der Waals surface area contributed by atoms with Crippen molar-refractivity contribution in [3.8, 4) is 0 Å². The Hall–Kier alpha value is -0.300. The predicted octanol–water partition coefficient (Wildman–Crippen LogP) is 4.38. The Morgan fingerprint density at radius 2 is 1.94 bits per heavy atom. The topological polar surface area (TPSA) is 26.0 Å². The van der Waals surface area contributed by atoms with Gasteiger partial charge in [-0.3, -0.25) is 0 Å². The summed E-state index contributed by atoms with van der Waals surface area (Å²) in [5, 5.41) is 0. The lowest BCUT2D eigenvalue weighted by molar-refractivity contribution is 0.0955. The predicted molar refractivity (Wildman–Crippen MR) is 76.9 cm³/mol. The van der Waals surface area contributed by atoms with E-state index in [0.717, 1.165) is 30.7 Å². The monoisotopic (exact) mass is 237 g/mol. The fraction of sp³-hybridized carbons (Fsp3) is 0.875. The maximum atomic E-state index is 5.93. The van der Waals surface area contributed by atoms with Gasteiger partial charge in [-0.2, -0.15) is 0 Å². The standard InChI is InChI=1S/C16H31N/c1-5-6-7-8-13-11-15(16(2,3)4)10-9-14(13)12-17/h5,13-15H,1,6-12,17H2,2-4H3. The van der Waals surface area contributed by atoms with Gasteiger partial charge in [0.2, 0.25) is 0 Å². The third-order valence-corrected chi connectivity index (χ3v) is 4.65. The molecule has 1 saturated carbocycles. The number of hydrogen-bond donors (Lipinski definition) is 1. The number of allylic oxidation sites excluding steroid dienone is 1. The fourth-order valence-corrected chi connectivity index (χ4v) is 3.30. The summed E-state index contributed by atoms with van der Waals surface area (Å²) >= 11 is 0. The van der Waals surface area contributed by atoms with Gasteiger partial charge in [0.1, 0.15) is 0 Å². The Morgan fingerprint density at radius 1 is 1.24 bits per heavy atom. The molecule has 0 bridgehead atoms. The highest BCUT2D eigenvalue weighted by atomic mass is 14.6. The van der Waals surface area contributed by atoms with E-state index in [2.05, 4.69) is 27.4 Å². The minimum absolute atomic E-state index is 0.469. The van der Waals surface area contributed by atoms with Crippen LogP contribution >= 0.6 is 0 Å². The van der Waals surface area contributed by atoms with Gasteiger partial charge in [-0.25, -0.2) is 0 Å². The van der Waals surface area contributed by atoms with Crippen molar-refractivity contribution >= 4 is 0 Å². The fourth-order valence-electron chi connectivity index (χ4n) is 3.30. The van der Waals surface area contributed by atoms with Crippen LogP contribution in [0.25, 0.3) is 0 Å². The van der Waals surface area contributed by atoms with Crippen LogP contribution in [0.4, 0.5) is 0 Å². The molecule has 17 heavy (non-hydrogen) atoms. The Bertz CT molecular complexity index is 226. The van der Waals surface area contributed by atoms with E-state index in [1.165, 1.54) is 32.1 Å². The van der Waals surface area contributed by atoms with E-state index in [0.29, 0.717) is 5.41 Å². The molecule has 0 spiro atoms. The number of hydrogen-bond acceptors (Lipinski definition) is 1. The smallest absolute Gasteiger partial charge is 0.00462 e. The van der Waals surface area contributed by atoms with Crippen LogP contribution < -0.4 is 5.73 Å². The molecule has 3 unspecified atom stereocenters. The van der Waals surface area contributed by atoms with Crippen molar-refractivity contribution in [3.05, 3.63) is 12.7 Å². The number of nitrogens with two attached hydrogens (primary N) is 1. The highest BCUT2D eigenvalue weighted by Gasteiger charge is 2.34. The minimum atomic E-state index is 0.469. The molecule has 1 aliphatic carbocycles. The van der Waals surface area contributed by atoms with Gasteiger partial charge in [0.05, 0.1) is 0 Å². The molecule has 1 nitrogen and oxygen atoms in total. The van der Waals surface area contributed by atoms with Gasteiger partial charge in [0.25, 0.3) is 0 Å². The molecule has 0 radical (unpaired) electrons. The first-order valence-electron chi connectivity index (χ1n) is 7.30. The molecule has 3 atom stereocenters. The first-order valence-corrected chi connectivity index (χ1v) is 7.30. The van der Waals surface area contributed by atoms with Crippen molar-refractivity contribution in [1.82, 2.24) is 0 Å². The normalized spacial score (nSPS) is 30.2. The maximum absolute atomic E-state index is 5.93. The van der Waals surface area contributed by atoms with Crippen molar-refractivity contribution in [1.29, 1.82) is 0 Å². The van der Waals surface area contributed by atoms with E-state index in [4.69, 9.17) is 5.73 Å². The molecule has 0 amide bonds. The zero-order chi connectivity index (χ0) is 12.9. The Labute approximate surface area is 108 Å². The van der Waals surface area contributed by atoms with E-state index < -0.39 is 0 Å². The summed E-state index contributed by atoms with van der Waals surface area (Å²) in [5.74, 6) is 2.52. The van der Waals surface area contributed by atoms with Crippen LogP contribution in [0.2, 0.25) is 0 Å². The molecule has 0 aromatic rings. The Kier molecular flexibility index (Phi) is 5.72. The molecule has 0 aliphatic heterocycles. The van der Waals surface area contributed by atoms with E-state index in [-0.39, 0.29) is 0 Å². The number of unbranched alkanes of at least 4 members (excludes halogenated alkanes) is 1. The van der Waals surface area contributed by atoms with Gasteiger partial charge in [-0.05, 0) is 68.2 Å². The molecule has 0 aromatic carbocycles. The highest BCUT2D eigenvalue weighted by molar-refractivity contribution is 4.86. The van der Waals surface area contributed by atoms with Crippen LogP contribution in [-0.4, -0.2) is 6.54 Å². The van der Waals surface area contributed by atoms with Crippen molar-refractivity contribution in [2.24, 2.45) is 28.9 Å². The summed E-state index contributed by atoms with van der Waals surface area (Å²) in [4.78, 5) is 0. The average molecular weight is 237 g/mol. The molecular formula is C16H31N. The lowest BCUT2D eigenvalue weighted by Crippen LogP contribution is -2.35. The van der Waals surface area contributed by atoms with Crippen LogP contribution in [0, 0.1) is 23.2 Å². The van der Waals surface area contributed by atoms with E-state index in [1.807, 2.05) is 6.08 Å². The summed E-state index contributed by atoms with van der Waals surface area (Å²) in [6, 6.07) is 0. The van der Waals surface area contributed by atoms with Crippen LogP contribution in [0.3, 0.4) is 0 Å². The molecule has 1 fully saturated rings. The summed E-state index contributed by atoms with van der Waals surface area (Å²) in [5.41, 5.74) is 6.40. The van der Waals surface area contributed by atoms with Gasteiger partial charge < -0.3 is 5.73 Å². The minimum Gasteiger partial charge on any atom is -0.330 e. The van der Waals surface area contributed by atoms with E-state index in [9.17, 15) is 0 Å². The second kappa shape index (κ2) is 6.58. The van der Waals surface area contributed by atoms with Crippen LogP contribution in [0.1, 0.15) is 59.3 Å². The van der Waals surface area contributed by atoms with Crippen molar-refractivity contribution in [3.63, 3.8) is 0 Å². The van der Waals surface area contributed by atoms with Gasteiger partial charge in [-0.1, -0.05) is 26.8 Å². The highest BCUT2D eigenvalue weighted by Crippen LogP contribution is 2.44. The number of rotatable bonds is 5. The molecule has 0 aromatic heterocycles. The zero-order valence-electron chi connectivity index (χ0n) is 12.0. The molecule has 0 heterocycles. The maximum Gasteiger partial charge on any atom is -0.00462 e. The third kappa shape index (κ3) is 4.46.